The molecule has 4 rings (SSSR count). The largest absolute Gasteiger partial charge is 0.463 e. The van der Waals surface area contributed by atoms with Gasteiger partial charge in [0, 0.05) is 5.56 Å². The molecule has 0 radical (unpaired) electrons. The maximum absolute atomic E-state index is 13.6. The van der Waals surface area contributed by atoms with Crippen molar-refractivity contribution in [3.05, 3.63) is 96.4 Å². The van der Waals surface area contributed by atoms with Crippen LogP contribution < -0.4 is 19.6 Å². The number of carbonyl (C=O) groups is 1. The number of nitrogens with zero attached hydrogens (tertiary/aromatic N) is 2. The molecule has 0 bridgehead atoms. The number of hydrogen-bond acceptors (Lipinski definition) is 6. The van der Waals surface area contributed by atoms with Crippen LogP contribution in [0.1, 0.15) is 31.0 Å². The molecule has 1 aliphatic rings. The Bertz CT molecular complexity index is 1440. The van der Waals surface area contributed by atoms with E-state index in [-0.39, 0.29) is 28.0 Å². The zero-order chi connectivity index (χ0) is 24.4. The Morgan fingerprint density at radius 1 is 1.21 bits per heavy atom. The van der Waals surface area contributed by atoms with Crippen LogP contribution in [0.5, 0.6) is 5.75 Å². The minimum Gasteiger partial charge on any atom is -0.463 e. The molecule has 176 valence electrons. The van der Waals surface area contributed by atoms with Gasteiger partial charge in [-0.05, 0) is 43.7 Å². The Kier molecular flexibility index (Phi) is 6.69. The number of thiazole rings is 1. The van der Waals surface area contributed by atoms with Crippen molar-refractivity contribution in [2.24, 2.45) is 4.99 Å². The number of benzene rings is 2. The van der Waals surface area contributed by atoms with Crippen LogP contribution in [0.25, 0.3) is 6.08 Å². The first-order chi connectivity index (χ1) is 16.3. The van der Waals surface area contributed by atoms with E-state index in [2.05, 4.69) is 9.73 Å². The summed E-state index contributed by atoms with van der Waals surface area (Å²) in [6.45, 7) is 0.390. The number of carbonyl (C=O) groups excluding carboxylic acids is 1. The van der Waals surface area contributed by atoms with Crippen molar-refractivity contribution in [3.8, 4) is 5.75 Å². The van der Waals surface area contributed by atoms with Crippen LogP contribution in [0.2, 0.25) is 0 Å². The first-order valence-electron chi connectivity index (χ1n) is 10.3. The summed E-state index contributed by atoms with van der Waals surface area (Å²) in [5.41, 5.74) is 0.815. The molecule has 0 amide bonds. The average molecular weight is 488 g/mol. The molecule has 2 aromatic carbocycles. The van der Waals surface area contributed by atoms with Crippen molar-refractivity contribution >= 4 is 23.4 Å². The molecule has 1 aromatic heterocycles. The maximum atomic E-state index is 13.6. The van der Waals surface area contributed by atoms with Crippen LogP contribution in [-0.4, -0.2) is 23.8 Å². The summed E-state index contributed by atoms with van der Waals surface area (Å²) in [7, 11) is 0. The van der Waals surface area contributed by atoms with Gasteiger partial charge in [0.2, 0.25) is 0 Å². The van der Waals surface area contributed by atoms with Gasteiger partial charge in [-0.25, -0.2) is 14.2 Å². The third kappa shape index (κ3) is 4.54. The average Bonchev–Trinajstić information content (AvgIpc) is 3.09. The monoisotopic (exact) mass is 488 g/mol. The highest BCUT2D eigenvalue weighted by atomic mass is 32.1. The Morgan fingerprint density at radius 3 is 2.59 bits per heavy atom. The molecule has 1 atom stereocenters. The summed E-state index contributed by atoms with van der Waals surface area (Å²) >= 11 is 1.04. The van der Waals surface area contributed by atoms with Gasteiger partial charge in [-0.3, -0.25) is 9.36 Å². The second-order valence-electron chi connectivity index (χ2n) is 7.27. The smallest absolute Gasteiger partial charge is 0.387 e. The van der Waals surface area contributed by atoms with Crippen LogP contribution >= 0.6 is 11.3 Å². The van der Waals surface area contributed by atoms with Crippen LogP contribution in [0.15, 0.2) is 69.6 Å². The summed E-state index contributed by atoms with van der Waals surface area (Å²) in [6.07, 6.45) is 1.44. The molecule has 3 aromatic rings. The number of rotatable bonds is 6. The molecule has 10 heteroatoms. The summed E-state index contributed by atoms with van der Waals surface area (Å²) in [5, 5.41) is 0. The zero-order valence-electron chi connectivity index (χ0n) is 18.1. The number of aromatic nitrogens is 1. The Hall–Kier alpha value is -3.66. The highest BCUT2D eigenvalue weighted by Gasteiger charge is 2.33. The molecule has 34 heavy (non-hydrogen) atoms. The molecular weight excluding hydrogens is 469 g/mol. The number of allylic oxidation sites excluding steroid dienone is 1. The number of fused-ring (bicyclic) bond motifs is 1. The van der Waals surface area contributed by atoms with Gasteiger partial charge < -0.3 is 9.47 Å². The minimum absolute atomic E-state index is 0.0817. The lowest BCUT2D eigenvalue weighted by Crippen LogP contribution is -2.39. The number of hydrogen-bond donors (Lipinski definition) is 0. The molecule has 0 aliphatic carbocycles. The standard InChI is InChI=1S/C24H19F3N2O4S/c1-3-32-22(31)19-13(2)28-24-29(20(19)14-8-10-16(25)11-9-14)21(30)18(34-24)12-15-6-4-5-7-17(15)33-23(26)27/h4-12,20,23H,3H2,1-2H3/b18-12-. The van der Waals surface area contributed by atoms with Gasteiger partial charge in [0.25, 0.3) is 5.56 Å². The molecule has 2 heterocycles. The van der Waals surface area contributed by atoms with Gasteiger partial charge in [-0.1, -0.05) is 41.7 Å². The Balaban J connectivity index is 1.93. The van der Waals surface area contributed by atoms with Crippen LogP contribution in [0.4, 0.5) is 13.2 Å². The number of halogens is 3. The van der Waals surface area contributed by atoms with Crippen LogP contribution in [-0.2, 0) is 9.53 Å². The summed E-state index contributed by atoms with van der Waals surface area (Å²) in [5.74, 6) is -1.19. The van der Waals surface area contributed by atoms with Crippen molar-refractivity contribution in [1.82, 2.24) is 4.57 Å². The van der Waals surface area contributed by atoms with E-state index in [1.54, 1.807) is 32.0 Å². The molecule has 1 unspecified atom stereocenters. The molecule has 0 N–H and O–H groups in total. The Morgan fingerprint density at radius 2 is 1.91 bits per heavy atom. The fraction of sp³-hybridized carbons (Fsp3) is 0.208. The number of para-hydroxylation sites is 1. The van der Waals surface area contributed by atoms with E-state index in [0.717, 1.165) is 11.3 Å². The quantitative estimate of drug-likeness (QED) is 0.498. The molecule has 0 fully saturated rings. The maximum Gasteiger partial charge on any atom is 0.387 e. The lowest BCUT2D eigenvalue weighted by Gasteiger charge is -2.24. The highest BCUT2D eigenvalue weighted by Crippen LogP contribution is 2.31. The van der Waals surface area contributed by atoms with Crippen LogP contribution in [0.3, 0.4) is 0 Å². The van der Waals surface area contributed by atoms with Crippen molar-refractivity contribution in [3.63, 3.8) is 0 Å². The fourth-order valence-corrected chi connectivity index (χ4v) is 4.73. The van der Waals surface area contributed by atoms with Gasteiger partial charge in [-0.2, -0.15) is 8.78 Å². The first-order valence-corrected chi connectivity index (χ1v) is 11.1. The fourth-order valence-electron chi connectivity index (χ4n) is 3.70. The molecule has 1 aliphatic heterocycles. The number of ether oxygens (including phenoxy) is 2. The predicted molar refractivity (Wildman–Crippen MR) is 120 cm³/mol. The molecule has 0 saturated carbocycles. The summed E-state index contributed by atoms with van der Waals surface area (Å²) in [6, 6.07) is 10.6. The zero-order valence-corrected chi connectivity index (χ0v) is 18.9. The van der Waals surface area contributed by atoms with Gasteiger partial charge in [0.15, 0.2) is 4.80 Å². The van der Waals surface area contributed by atoms with E-state index in [4.69, 9.17) is 4.74 Å². The normalized spacial score (nSPS) is 15.8. The van der Waals surface area contributed by atoms with E-state index in [9.17, 15) is 22.8 Å². The molecule has 0 spiro atoms. The molecule has 0 saturated heterocycles. The lowest BCUT2D eigenvalue weighted by atomic mass is 9.96. The molecular formula is C24H19F3N2O4S. The summed E-state index contributed by atoms with van der Waals surface area (Å²) < 4.78 is 50.5. The third-order valence-corrected chi connectivity index (χ3v) is 6.11. The van der Waals surface area contributed by atoms with E-state index in [0.29, 0.717) is 16.1 Å². The van der Waals surface area contributed by atoms with E-state index >= 15 is 0 Å². The van der Waals surface area contributed by atoms with E-state index in [1.165, 1.54) is 41.0 Å². The summed E-state index contributed by atoms with van der Waals surface area (Å²) in [4.78, 5) is 31.0. The predicted octanol–water partition coefficient (Wildman–Crippen LogP) is 3.54. The van der Waals surface area contributed by atoms with E-state index < -0.39 is 30.0 Å². The SMILES string of the molecule is CCOC(=O)C1=C(C)N=c2s/c(=C\c3ccccc3OC(F)F)c(=O)n2C1c1ccc(F)cc1. The number of esters is 1. The second-order valence-corrected chi connectivity index (χ2v) is 8.28. The Labute approximate surface area is 195 Å². The lowest BCUT2D eigenvalue weighted by molar-refractivity contribution is -0.139. The van der Waals surface area contributed by atoms with Crippen LogP contribution in [0, 0.1) is 5.82 Å². The minimum atomic E-state index is -3.02. The van der Waals surface area contributed by atoms with Crippen molar-refractivity contribution in [1.29, 1.82) is 0 Å². The molecule has 6 nitrogen and oxygen atoms in total. The highest BCUT2D eigenvalue weighted by molar-refractivity contribution is 7.07. The van der Waals surface area contributed by atoms with Gasteiger partial charge in [0.05, 0.1) is 28.5 Å². The van der Waals surface area contributed by atoms with Crippen molar-refractivity contribution < 1.29 is 27.4 Å². The second kappa shape index (κ2) is 9.68. The number of alkyl halides is 2. The van der Waals surface area contributed by atoms with Gasteiger partial charge >= 0.3 is 12.6 Å². The topological polar surface area (TPSA) is 69.9 Å². The first kappa shape index (κ1) is 23.5. The van der Waals surface area contributed by atoms with Gasteiger partial charge in [0.1, 0.15) is 11.6 Å². The van der Waals surface area contributed by atoms with E-state index in [1.807, 2.05) is 0 Å². The third-order valence-electron chi connectivity index (χ3n) is 5.12. The van der Waals surface area contributed by atoms with Crippen molar-refractivity contribution in [2.75, 3.05) is 6.61 Å². The van der Waals surface area contributed by atoms with Gasteiger partial charge in [-0.15, -0.1) is 0 Å². The van der Waals surface area contributed by atoms with Crippen molar-refractivity contribution in [2.45, 2.75) is 26.5 Å².